The van der Waals surface area contributed by atoms with E-state index >= 15 is 0 Å². The fourth-order valence-corrected chi connectivity index (χ4v) is 4.02. The molecule has 1 fully saturated rings. The number of anilines is 2. The van der Waals surface area contributed by atoms with Gasteiger partial charge in [-0.15, -0.1) is 13.2 Å². The van der Waals surface area contributed by atoms with E-state index in [1.165, 1.54) is 31.1 Å². The molecule has 0 bridgehead atoms. The molecule has 2 aromatic heterocycles. The molecule has 3 aromatic rings. The number of pyridine rings is 1. The Labute approximate surface area is 195 Å². The molecule has 3 heterocycles. The SMILES string of the molecule is CCC1CCCN(c2ncc(C(=O)Nc3ccc(OC(F)(F)F)cc3)cc2-c2cncnc2)C1. The van der Waals surface area contributed by atoms with Gasteiger partial charge < -0.3 is 15.0 Å². The Morgan fingerprint density at radius 1 is 1.18 bits per heavy atom. The highest BCUT2D eigenvalue weighted by Crippen LogP contribution is 2.33. The van der Waals surface area contributed by atoms with Crippen molar-refractivity contribution in [2.45, 2.75) is 32.5 Å². The fraction of sp³-hybridized carbons (Fsp3) is 0.333. The van der Waals surface area contributed by atoms with Crippen LogP contribution in [0.15, 0.2) is 55.2 Å². The average molecular weight is 471 g/mol. The Balaban J connectivity index is 1.58. The Hall–Kier alpha value is -3.69. The quantitative estimate of drug-likeness (QED) is 0.525. The average Bonchev–Trinajstić information content (AvgIpc) is 2.84. The number of carbonyl (C=O) groups excluding carboxylic acids is 1. The monoisotopic (exact) mass is 471 g/mol. The van der Waals surface area contributed by atoms with Crippen LogP contribution in [-0.2, 0) is 0 Å². The van der Waals surface area contributed by atoms with Crippen LogP contribution in [0.4, 0.5) is 24.7 Å². The van der Waals surface area contributed by atoms with Gasteiger partial charge in [-0.2, -0.15) is 0 Å². The van der Waals surface area contributed by atoms with E-state index in [2.05, 4.69) is 36.8 Å². The first-order valence-corrected chi connectivity index (χ1v) is 11.0. The first kappa shape index (κ1) is 23.5. The highest BCUT2D eigenvalue weighted by Gasteiger charge is 2.31. The summed E-state index contributed by atoms with van der Waals surface area (Å²) in [7, 11) is 0. The molecule has 1 aliphatic heterocycles. The third kappa shape index (κ3) is 5.81. The molecular formula is C24H24F3N5O2. The summed E-state index contributed by atoms with van der Waals surface area (Å²) in [5.74, 6) is 0.558. The summed E-state index contributed by atoms with van der Waals surface area (Å²) >= 11 is 0. The number of aromatic nitrogens is 3. The maximum atomic E-state index is 12.9. The third-order valence-electron chi connectivity index (χ3n) is 5.74. The van der Waals surface area contributed by atoms with E-state index in [0.29, 0.717) is 17.2 Å². The van der Waals surface area contributed by atoms with E-state index in [9.17, 15) is 18.0 Å². The van der Waals surface area contributed by atoms with Crippen LogP contribution in [0.5, 0.6) is 5.75 Å². The van der Waals surface area contributed by atoms with Crippen molar-refractivity contribution in [3.05, 3.63) is 60.8 Å². The van der Waals surface area contributed by atoms with E-state index in [0.717, 1.165) is 55.0 Å². The highest BCUT2D eigenvalue weighted by molar-refractivity contribution is 6.05. The molecule has 1 aliphatic rings. The number of hydrogen-bond acceptors (Lipinski definition) is 6. The van der Waals surface area contributed by atoms with Crippen LogP contribution in [0.2, 0.25) is 0 Å². The molecule has 34 heavy (non-hydrogen) atoms. The van der Waals surface area contributed by atoms with Crippen molar-refractivity contribution in [1.29, 1.82) is 0 Å². The molecule has 178 valence electrons. The molecule has 7 nitrogen and oxygen atoms in total. The van der Waals surface area contributed by atoms with Crippen LogP contribution in [0.1, 0.15) is 36.5 Å². The Kier molecular flexibility index (Phi) is 6.95. The zero-order chi connectivity index (χ0) is 24.1. The molecule has 10 heteroatoms. The maximum Gasteiger partial charge on any atom is 0.573 e. The van der Waals surface area contributed by atoms with Crippen molar-refractivity contribution in [2.75, 3.05) is 23.3 Å². The lowest BCUT2D eigenvalue weighted by molar-refractivity contribution is -0.274. The number of ether oxygens (including phenoxy) is 1. The van der Waals surface area contributed by atoms with Gasteiger partial charge in [-0.25, -0.2) is 15.0 Å². The summed E-state index contributed by atoms with van der Waals surface area (Å²) in [6.07, 6.45) is 4.87. The van der Waals surface area contributed by atoms with Gasteiger partial charge in [0.15, 0.2) is 0 Å². The predicted molar refractivity (Wildman–Crippen MR) is 122 cm³/mol. The van der Waals surface area contributed by atoms with Gasteiger partial charge in [0.05, 0.1) is 5.56 Å². The van der Waals surface area contributed by atoms with E-state index in [-0.39, 0.29) is 5.75 Å². The molecule has 4 rings (SSSR count). The first-order chi connectivity index (χ1) is 16.3. The van der Waals surface area contributed by atoms with Gasteiger partial charge in [0.25, 0.3) is 5.91 Å². The van der Waals surface area contributed by atoms with Gasteiger partial charge in [0.2, 0.25) is 0 Å². The normalized spacial score (nSPS) is 16.2. The summed E-state index contributed by atoms with van der Waals surface area (Å²) in [6.45, 7) is 3.95. The van der Waals surface area contributed by atoms with E-state index in [4.69, 9.17) is 0 Å². The molecule has 1 amide bonds. The van der Waals surface area contributed by atoms with Crippen molar-refractivity contribution in [3.63, 3.8) is 0 Å². The molecule has 1 unspecified atom stereocenters. The van der Waals surface area contributed by atoms with Gasteiger partial charge in [-0.05, 0) is 49.1 Å². The molecule has 1 aromatic carbocycles. The number of nitrogens with one attached hydrogen (secondary N) is 1. The summed E-state index contributed by atoms with van der Waals surface area (Å²) in [6, 6.07) is 6.69. The fourth-order valence-electron chi connectivity index (χ4n) is 4.02. The number of piperidine rings is 1. The third-order valence-corrected chi connectivity index (χ3v) is 5.74. The second kappa shape index (κ2) is 10.1. The van der Waals surface area contributed by atoms with Crippen LogP contribution < -0.4 is 15.0 Å². The summed E-state index contributed by atoms with van der Waals surface area (Å²) in [5.41, 5.74) is 2.13. The Morgan fingerprint density at radius 3 is 2.59 bits per heavy atom. The van der Waals surface area contributed by atoms with Crippen LogP contribution in [0.3, 0.4) is 0 Å². The second-order valence-electron chi connectivity index (χ2n) is 8.11. The van der Waals surface area contributed by atoms with Gasteiger partial charge >= 0.3 is 6.36 Å². The van der Waals surface area contributed by atoms with E-state index in [1.54, 1.807) is 18.5 Å². The van der Waals surface area contributed by atoms with Crippen LogP contribution in [0.25, 0.3) is 11.1 Å². The molecular weight excluding hydrogens is 447 g/mol. The molecule has 0 aliphatic carbocycles. The number of nitrogens with zero attached hydrogens (tertiary/aromatic N) is 4. The molecule has 0 spiro atoms. The van der Waals surface area contributed by atoms with Crippen molar-refractivity contribution in [3.8, 4) is 16.9 Å². The van der Waals surface area contributed by atoms with Crippen molar-refractivity contribution < 1.29 is 22.7 Å². The molecule has 1 N–H and O–H groups in total. The van der Waals surface area contributed by atoms with Crippen LogP contribution in [-0.4, -0.2) is 40.3 Å². The number of alkyl halides is 3. The van der Waals surface area contributed by atoms with Gasteiger partial charge in [0.1, 0.15) is 17.9 Å². The number of hydrogen-bond donors (Lipinski definition) is 1. The molecule has 1 saturated heterocycles. The summed E-state index contributed by atoms with van der Waals surface area (Å²) in [5, 5.41) is 2.68. The zero-order valence-electron chi connectivity index (χ0n) is 18.5. The zero-order valence-corrected chi connectivity index (χ0v) is 18.5. The standard InChI is InChI=1S/C24H24F3N5O2/c1-2-16-4-3-9-32(14-16)22-21(18-11-28-15-29-12-18)10-17(13-30-22)23(33)31-19-5-7-20(8-6-19)34-24(25,26)27/h5-8,10-13,15-16H,2-4,9,14H2,1H3,(H,31,33). The second-order valence-corrected chi connectivity index (χ2v) is 8.11. The van der Waals surface area contributed by atoms with Crippen molar-refractivity contribution in [1.82, 2.24) is 15.0 Å². The van der Waals surface area contributed by atoms with Crippen molar-refractivity contribution in [2.24, 2.45) is 5.92 Å². The Morgan fingerprint density at radius 2 is 1.91 bits per heavy atom. The minimum Gasteiger partial charge on any atom is -0.406 e. The Bertz CT molecular complexity index is 1120. The summed E-state index contributed by atoms with van der Waals surface area (Å²) in [4.78, 5) is 28.0. The minimum absolute atomic E-state index is 0.308. The molecule has 1 atom stereocenters. The maximum absolute atomic E-state index is 12.9. The number of benzene rings is 1. The molecule has 0 saturated carbocycles. The lowest BCUT2D eigenvalue weighted by Crippen LogP contribution is -2.36. The van der Waals surface area contributed by atoms with E-state index in [1.807, 2.05) is 0 Å². The van der Waals surface area contributed by atoms with Crippen molar-refractivity contribution >= 4 is 17.4 Å². The number of halogens is 3. The van der Waals surface area contributed by atoms with Crippen LogP contribution >= 0.6 is 0 Å². The van der Waals surface area contributed by atoms with Gasteiger partial charge in [-0.3, -0.25) is 4.79 Å². The lowest BCUT2D eigenvalue weighted by Gasteiger charge is -2.34. The number of amides is 1. The topological polar surface area (TPSA) is 80.2 Å². The molecule has 0 radical (unpaired) electrons. The predicted octanol–water partition coefficient (Wildman–Crippen LogP) is 5.32. The highest BCUT2D eigenvalue weighted by atomic mass is 19.4. The minimum atomic E-state index is -4.78. The number of carbonyl (C=O) groups is 1. The number of rotatable bonds is 6. The first-order valence-electron chi connectivity index (χ1n) is 11.0. The van der Waals surface area contributed by atoms with Crippen LogP contribution in [0, 0.1) is 5.92 Å². The van der Waals surface area contributed by atoms with E-state index < -0.39 is 12.3 Å². The largest absolute Gasteiger partial charge is 0.573 e. The van der Waals surface area contributed by atoms with Gasteiger partial charge in [0, 0.05) is 48.5 Å². The summed E-state index contributed by atoms with van der Waals surface area (Å²) < 4.78 is 40.9. The smallest absolute Gasteiger partial charge is 0.406 e. The van der Waals surface area contributed by atoms with Gasteiger partial charge in [-0.1, -0.05) is 13.3 Å². The lowest BCUT2D eigenvalue weighted by atomic mass is 9.95.